The van der Waals surface area contributed by atoms with E-state index < -0.39 is 0 Å². The molecule has 0 bridgehead atoms. The maximum Gasteiger partial charge on any atom is 0.322 e. The Bertz CT molecular complexity index is 155. The Hall–Kier alpha value is -0.570. The van der Waals surface area contributed by atoms with Crippen molar-refractivity contribution in [3.05, 3.63) is 0 Å². The standard InChI is InChI=1S/C9H17NO2/c1-3-8(9(11)12-2)10-6-7-4-5-7/h7-8,10H,3-6H2,1-2H3. The van der Waals surface area contributed by atoms with Gasteiger partial charge in [0.05, 0.1) is 7.11 Å². The minimum absolute atomic E-state index is 0.101. The summed E-state index contributed by atoms with van der Waals surface area (Å²) < 4.78 is 4.65. The molecule has 0 heterocycles. The third-order valence-electron chi connectivity index (χ3n) is 2.24. The Morgan fingerprint density at radius 3 is 2.75 bits per heavy atom. The fourth-order valence-electron chi connectivity index (χ4n) is 1.17. The van der Waals surface area contributed by atoms with Crippen molar-refractivity contribution in [3.8, 4) is 0 Å². The fourth-order valence-corrected chi connectivity index (χ4v) is 1.17. The maximum atomic E-state index is 11.1. The van der Waals surface area contributed by atoms with Crippen LogP contribution in [-0.2, 0) is 9.53 Å². The molecule has 1 aliphatic rings. The summed E-state index contributed by atoms with van der Waals surface area (Å²) in [4.78, 5) is 11.1. The number of esters is 1. The van der Waals surface area contributed by atoms with Crippen LogP contribution in [0.15, 0.2) is 0 Å². The molecule has 0 aliphatic heterocycles. The van der Waals surface area contributed by atoms with Crippen LogP contribution < -0.4 is 5.32 Å². The van der Waals surface area contributed by atoms with Gasteiger partial charge >= 0.3 is 5.97 Å². The molecule has 0 spiro atoms. The van der Waals surface area contributed by atoms with Crippen molar-refractivity contribution in [2.24, 2.45) is 5.92 Å². The van der Waals surface area contributed by atoms with Gasteiger partial charge in [-0.15, -0.1) is 0 Å². The van der Waals surface area contributed by atoms with Gasteiger partial charge < -0.3 is 10.1 Å². The van der Waals surface area contributed by atoms with Crippen LogP contribution in [-0.4, -0.2) is 25.7 Å². The summed E-state index contributed by atoms with van der Waals surface area (Å²) in [6, 6.07) is -0.101. The predicted octanol–water partition coefficient (Wildman–Crippen LogP) is 0.938. The zero-order valence-electron chi connectivity index (χ0n) is 7.80. The lowest BCUT2D eigenvalue weighted by atomic mass is 10.2. The second-order valence-electron chi connectivity index (χ2n) is 3.34. The van der Waals surface area contributed by atoms with Crippen molar-refractivity contribution >= 4 is 5.97 Å². The van der Waals surface area contributed by atoms with Gasteiger partial charge in [0.25, 0.3) is 0 Å². The van der Waals surface area contributed by atoms with Crippen LogP contribution in [0.5, 0.6) is 0 Å². The SMILES string of the molecule is CCC(NCC1CC1)C(=O)OC. The first-order valence-corrected chi connectivity index (χ1v) is 4.59. The molecule has 1 unspecified atom stereocenters. The van der Waals surface area contributed by atoms with E-state index in [4.69, 9.17) is 0 Å². The van der Waals surface area contributed by atoms with E-state index in [-0.39, 0.29) is 12.0 Å². The van der Waals surface area contributed by atoms with Gasteiger partial charge in [0.15, 0.2) is 0 Å². The van der Waals surface area contributed by atoms with Gasteiger partial charge in [-0.3, -0.25) is 4.79 Å². The average molecular weight is 171 g/mol. The number of carbonyl (C=O) groups is 1. The lowest BCUT2D eigenvalue weighted by Gasteiger charge is -2.13. The first-order chi connectivity index (χ1) is 5.77. The number of nitrogens with one attached hydrogen (secondary N) is 1. The summed E-state index contributed by atoms with van der Waals surface area (Å²) in [5, 5.41) is 3.21. The molecule has 3 nitrogen and oxygen atoms in total. The highest BCUT2D eigenvalue weighted by Crippen LogP contribution is 2.27. The van der Waals surface area contributed by atoms with E-state index in [1.165, 1.54) is 20.0 Å². The molecule has 0 saturated heterocycles. The molecule has 3 heteroatoms. The van der Waals surface area contributed by atoms with E-state index in [0.29, 0.717) is 0 Å². The number of hydrogen-bond donors (Lipinski definition) is 1. The molecule has 1 rings (SSSR count). The molecule has 1 atom stereocenters. The van der Waals surface area contributed by atoms with Crippen LogP contribution in [0.4, 0.5) is 0 Å². The Morgan fingerprint density at radius 2 is 2.33 bits per heavy atom. The largest absolute Gasteiger partial charge is 0.468 e. The second kappa shape index (κ2) is 4.45. The lowest BCUT2D eigenvalue weighted by molar-refractivity contribution is -0.143. The highest BCUT2D eigenvalue weighted by atomic mass is 16.5. The Balaban J connectivity index is 2.18. The molecule has 1 saturated carbocycles. The molecule has 0 aromatic heterocycles. The fraction of sp³-hybridized carbons (Fsp3) is 0.889. The van der Waals surface area contributed by atoms with Crippen LogP contribution >= 0.6 is 0 Å². The summed E-state index contributed by atoms with van der Waals surface area (Å²) in [7, 11) is 1.43. The summed E-state index contributed by atoms with van der Waals surface area (Å²) in [5.41, 5.74) is 0. The van der Waals surface area contributed by atoms with Crippen LogP contribution in [0.2, 0.25) is 0 Å². The van der Waals surface area contributed by atoms with Crippen LogP contribution in [0.25, 0.3) is 0 Å². The molecule has 12 heavy (non-hydrogen) atoms. The smallest absolute Gasteiger partial charge is 0.322 e. The van der Waals surface area contributed by atoms with Crippen LogP contribution in [0.1, 0.15) is 26.2 Å². The molecule has 0 aromatic rings. The van der Waals surface area contributed by atoms with E-state index >= 15 is 0 Å². The number of ether oxygens (including phenoxy) is 1. The van der Waals surface area contributed by atoms with Crippen molar-refractivity contribution < 1.29 is 9.53 Å². The van der Waals surface area contributed by atoms with Crippen molar-refractivity contribution in [1.82, 2.24) is 5.32 Å². The minimum Gasteiger partial charge on any atom is -0.468 e. The quantitative estimate of drug-likeness (QED) is 0.625. The molecular weight excluding hydrogens is 154 g/mol. The van der Waals surface area contributed by atoms with Crippen molar-refractivity contribution in [1.29, 1.82) is 0 Å². The topological polar surface area (TPSA) is 38.3 Å². The molecule has 1 fully saturated rings. The van der Waals surface area contributed by atoms with Crippen LogP contribution in [0.3, 0.4) is 0 Å². The summed E-state index contributed by atoms with van der Waals surface area (Å²) in [6.07, 6.45) is 3.43. The third kappa shape index (κ3) is 2.81. The zero-order chi connectivity index (χ0) is 8.97. The molecular formula is C9H17NO2. The van der Waals surface area contributed by atoms with Gasteiger partial charge in [-0.1, -0.05) is 6.92 Å². The van der Waals surface area contributed by atoms with E-state index in [2.05, 4.69) is 10.1 Å². The Morgan fingerprint density at radius 1 is 1.67 bits per heavy atom. The summed E-state index contributed by atoms with van der Waals surface area (Å²) >= 11 is 0. The van der Waals surface area contributed by atoms with Gasteiger partial charge in [0.2, 0.25) is 0 Å². The van der Waals surface area contributed by atoms with Gasteiger partial charge in [0, 0.05) is 0 Å². The first kappa shape index (κ1) is 9.52. The minimum atomic E-state index is -0.141. The molecule has 1 aliphatic carbocycles. The normalized spacial score (nSPS) is 18.8. The molecule has 0 amide bonds. The van der Waals surface area contributed by atoms with Gasteiger partial charge in [0.1, 0.15) is 6.04 Å². The van der Waals surface area contributed by atoms with Crippen LogP contribution in [0, 0.1) is 5.92 Å². The second-order valence-corrected chi connectivity index (χ2v) is 3.34. The van der Waals surface area contributed by atoms with Gasteiger partial charge in [-0.05, 0) is 31.7 Å². The monoisotopic (exact) mass is 171 g/mol. The highest BCUT2D eigenvalue weighted by molar-refractivity contribution is 5.75. The van der Waals surface area contributed by atoms with Crippen molar-refractivity contribution in [2.45, 2.75) is 32.2 Å². The lowest BCUT2D eigenvalue weighted by Crippen LogP contribution is -2.38. The van der Waals surface area contributed by atoms with Crippen molar-refractivity contribution in [3.63, 3.8) is 0 Å². The third-order valence-corrected chi connectivity index (χ3v) is 2.24. The molecule has 1 N–H and O–H groups in total. The van der Waals surface area contributed by atoms with E-state index in [0.717, 1.165) is 18.9 Å². The van der Waals surface area contributed by atoms with E-state index in [1.54, 1.807) is 0 Å². The Labute approximate surface area is 73.5 Å². The predicted molar refractivity (Wildman–Crippen MR) is 46.8 cm³/mol. The van der Waals surface area contributed by atoms with Gasteiger partial charge in [-0.2, -0.15) is 0 Å². The average Bonchev–Trinajstić information content (AvgIpc) is 2.88. The number of hydrogen-bond acceptors (Lipinski definition) is 3. The van der Waals surface area contributed by atoms with E-state index in [1.807, 2.05) is 6.92 Å². The summed E-state index contributed by atoms with van der Waals surface area (Å²) in [6.45, 7) is 2.95. The van der Waals surface area contributed by atoms with Crippen molar-refractivity contribution in [2.75, 3.05) is 13.7 Å². The number of methoxy groups -OCH3 is 1. The molecule has 0 aromatic carbocycles. The first-order valence-electron chi connectivity index (χ1n) is 4.59. The van der Waals surface area contributed by atoms with Gasteiger partial charge in [-0.25, -0.2) is 0 Å². The van der Waals surface area contributed by atoms with E-state index in [9.17, 15) is 4.79 Å². The molecule has 70 valence electrons. The Kier molecular flexibility index (Phi) is 3.53. The maximum absolute atomic E-state index is 11.1. The highest BCUT2D eigenvalue weighted by Gasteiger charge is 2.24. The molecule has 0 radical (unpaired) electrons. The number of rotatable bonds is 5. The summed E-state index contributed by atoms with van der Waals surface area (Å²) in [5.74, 6) is 0.668. The zero-order valence-corrected chi connectivity index (χ0v) is 7.80. The number of carbonyl (C=O) groups excluding carboxylic acids is 1.